The fourth-order valence-electron chi connectivity index (χ4n) is 1.97. The van der Waals surface area contributed by atoms with Gasteiger partial charge < -0.3 is 9.84 Å². The monoisotopic (exact) mass is 262 g/mol. The molecule has 1 aromatic rings. The Hall–Kier alpha value is -1.28. The average Bonchev–Trinajstić information content (AvgIpc) is 2.43. The molecule has 0 fully saturated rings. The van der Waals surface area contributed by atoms with Crippen LogP contribution in [0.15, 0.2) is 36.9 Å². The molecule has 0 amide bonds. The molecular weight excluding hydrogens is 236 g/mol. The van der Waals surface area contributed by atoms with Gasteiger partial charge in [0, 0.05) is 0 Å². The summed E-state index contributed by atoms with van der Waals surface area (Å²) in [5.74, 6) is 0.820. The maximum atomic E-state index is 9.81. The molecule has 0 aliphatic carbocycles. The topological polar surface area (TPSA) is 29.5 Å². The first-order valence-corrected chi connectivity index (χ1v) is 7.27. The zero-order valence-corrected chi connectivity index (χ0v) is 12.0. The molecule has 0 saturated carbocycles. The zero-order valence-electron chi connectivity index (χ0n) is 12.0. The van der Waals surface area contributed by atoms with Crippen molar-refractivity contribution in [2.45, 2.75) is 51.6 Å². The van der Waals surface area contributed by atoms with E-state index >= 15 is 0 Å². The highest BCUT2D eigenvalue weighted by Crippen LogP contribution is 2.14. The third kappa shape index (κ3) is 7.02. The van der Waals surface area contributed by atoms with Crippen molar-refractivity contribution in [3.8, 4) is 5.75 Å². The Balaban J connectivity index is 2.21. The number of benzene rings is 1. The van der Waals surface area contributed by atoms with E-state index in [4.69, 9.17) is 4.74 Å². The standard InChI is InChI=1S/C17H26O2/c1-3-5-6-7-9-16(18)14-19-17-12-10-15(8-4-2)11-13-17/h4,10-13,16,18H,2-3,5-9,14H2,1H3. The maximum Gasteiger partial charge on any atom is 0.119 e. The smallest absolute Gasteiger partial charge is 0.119 e. The van der Waals surface area contributed by atoms with Gasteiger partial charge in [-0.15, -0.1) is 6.58 Å². The molecule has 0 aliphatic rings. The van der Waals surface area contributed by atoms with Gasteiger partial charge in [0.05, 0.1) is 6.10 Å². The van der Waals surface area contributed by atoms with Crippen LogP contribution in [0, 0.1) is 0 Å². The van der Waals surface area contributed by atoms with Crippen LogP contribution in [0.2, 0.25) is 0 Å². The number of ether oxygens (including phenoxy) is 1. The van der Waals surface area contributed by atoms with Gasteiger partial charge in [0.15, 0.2) is 0 Å². The first kappa shape index (κ1) is 15.8. The van der Waals surface area contributed by atoms with Gasteiger partial charge in [-0.1, -0.05) is 50.8 Å². The Kier molecular flexibility index (Phi) is 7.99. The number of aliphatic hydroxyl groups is 1. The molecule has 0 heterocycles. The second-order valence-corrected chi connectivity index (χ2v) is 4.95. The van der Waals surface area contributed by atoms with Gasteiger partial charge in [0.2, 0.25) is 0 Å². The van der Waals surface area contributed by atoms with Crippen LogP contribution in [0.25, 0.3) is 0 Å². The molecule has 1 atom stereocenters. The predicted molar refractivity (Wildman–Crippen MR) is 80.6 cm³/mol. The van der Waals surface area contributed by atoms with E-state index in [1.165, 1.54) is 24.8 Å². The summed E-state index contributed by atoms with van der Waals surface area (Å²) in [6, 6.07) is 7.96. The minimum absolute atomic E-state index is 0.357. The van der Waals surface area contributed by atoms with Crippen molar-refractivity contribution in [3.05, 3.63) is 42.5 Å². The first-order valence-electron chi connectivity index (χ1n) is 7.27. The van der Waals surface area contributed by atoms with Crippen molar-refractivity contribution in [3.63, 3.8) is 0 Å². The van der Waals surface area contributed by atoms with Gasteiger partial charge in [-0.2, -0.15) is 0 Å². The first-order chi connectivity index (χ1) is 9.26. The van der Waals surface area contributed by atoms with E-state index in [0.29, 0.717) is 6.61 Å². The van der Waals surface area contributed by atoms with E-state index in [-0.39, 0.29) is 6.10 Å². The molecule has 0 spiro atoms. The molecule has 1 rings (SSSR count). The van der Waals surface area contributed by atoms with Gasteiger partial charge in [-0.25, -0.2) is 0 Å². The second-order valence-electron chi connectivity index (χ2n) is 4.95. The van der Waals surface area contributed by atoms with Gasteiger partial charge in [0.1, 0.15) is 12.4 Å². The molecular formula is C17H26O2. The van der Waals surface area contributed by atoms with E-state index in [2.05, 4.69) is 13.5 Å². The van der Waals surface area contributed by atoms with Gasteiger partial charge in [-0.05, 0) is 30.5 Å². The minimum Gasteiger partial charge on any atom is -0.491 e. The highest BCUT2D eigenvalue weighted by atomic mass is 16.5. The van der Waals surface area contributed by atoms with Crippen LogP contribution in [0.4, 0.5) is 0 Å². The summed E-state index contributed by atoms with van der Waals surface area (Å²) in [5, 5.41) is 9.81. The van der Waals surface area contributed by atoms with Crippen LogP contribution in [-0.2, 0) is 6.42 Å². The van der Waals surface area contributed by atoms with Gasteiger partial charge in [0.25, 0.3) is 0 Å². The summed E-state index contributed by atoms with van der Waals surface area (Å²) in [7, 11) is 0. The summed E-state index contributed by atoms with van der Waals surface area (Å²) in [5.41, 5.74) is 1.22. The fourth-order valence-corrected chi connectivity index (χ4v) is 1.97. The molecule has 0 aromatic heterocycles. The Morgan fingerprint density at radius 2 is 1.95 bits per heavy atom. The second kappa shape index (κ2) is 9.62. The van der Waals surface area contributed by atoms with Crippen LogP contribution in [0.1, 0.15) is 44.6 Å². The third-order valence-electron chi connectivity index (χ3n) is 3.14. The Bertz CT molecular complexity index is 343. The quantitative estimate of drug-likeness (QED) is 0.507. The number of rotatable bonds is 10. The number of unbranched alkanes of at least 4 members (excludes halogenated alkanes) is 3. The summed E-state index contributed by atoms with van der Waals surface area (Å²) < 4.78 is 5.58. The Morgan fingerprint density at radius 1 is 1.21 bits per heavy atom. The number of hydrogen-bond acceptors (Lipinski definition) is 2. The molecule has 19 heavy (non-hydrogen) atoms. The summed E-state index contributed by atoms with van der Waals surface area (Å²) in [4.78, 5) is 0. The maximum absolute atomic E-state index is 9.81. The lowest BCUT2D eigenvalue weighted by atomic mass is 10.1. The molecule has 0 bridgehead atoms. The Labute approximate surface area is 117 Å². The summed E-state index contributed by atoms with van der Waals surface area (Å²) in [6.07, 6.45) is 7.98. The highest BCUT2D eigenvalue weighted by molar-refractivity contribution is 5.28. The van der Waals surface area contributed by atoms with Crippen LogP contribution in [0.5, 0.6) is 5.75 Å². The van der Waals surface area contributed by atoms with Gasteiger partial charge >= 0.3 is 0 Å². The lowest BCUT2D eigenvalue weighted by molar-refractivity contribution is 0.0975. The SMILES string of the molecule is C=CCc1ccc(OCC(O)CCCCCC)cc1. The minimum atomic E-state index is -0.357. The Morgan fingerprint density at radius 3 is 2.58 bits per heavy atom. The molecule has 2 heteroatoms. The van der Waals surface area contributed by atoms with Crippen LogP contribution in [0.3, 0.4) is 0 Å². The molecule has 2 nitrogen and oxygen atoms in total. The molecule has 0 aliphatic heterocycles. The lowest BCUT2D eigenvalue weighted by Gasteiger charge is -2.12. The zero-order chi connectivity index (χ0) is 13.9. The van der Waals surface area contributed by atoms with Crippen LogP contribution < -0.4 is 4.74 Å². The lowest BCUT2D eigenvalue weighted by Crippen LogP contribution is -2.17. The predicted octanol–water partition coefficient (Wildman–Crippen LogP) is 4.13. The van der Waals surface area contributed by atoms with Crippen LogP contribution in [-0.4, -0.2) is 17.8 Å². The summed E-state index contributed by atoms with van der Waals surface area (Å²) in [6.45, 7) is 6.29. The van der Waals surface area contributed by atoms with Crippen molar-refractivity contribution < 1.29 is 9.84 Å². The normalized spacial score (nSPS) is 12.1. The van der Waals surface area contributed by atoms with E-state index in [0.717, 1.165) is 25.0 Å². The van der Waals surface area contributed by atoms with Crippen molar-refractivity contribution in [2.24, 2.45) is 0 Å². The highest BCUT2D eigenvalue weighted by Gasteiger charge is 2.05. The van der Waals surface area contributed by atoms with E-state index in [1.54, 1.807) is 0 Å². The number of hydrogen-bond donors (Lipinski definition) is 1. The largest absolute Gasteiger partial charge is 0.491 e. The van der Waals surface area contributed by atoms with Crippen molar-refractivity contribution >= 4 is 0 Å². The molecule has 1 aromatic carbocycles. The molecule has 0 radical (unpaired) electrons. The third-order valence-corrected chi connectivity index (χ3v) is 3.14. The number of allylic oxidation sites excluding steroid dienone is 1. The molecule has 1 N–H and O–H groups in total. The fraction of sp³-hybridized carbons (Fsp3) is 0.529. The van der Waals surface area contributed by atoms with Crippen molar-refractivity contribution in [1.29, 1.82) is 0 Å². The van der Waals surface area contributed by atoms with E-state index in [1.807, 2.05) is 30.3 Å². The molecule has 0 saturated heterocycles. The van der Waals surface area contributed by atoms with Crippen LogP contribution >= 0.6 is 0 Å². The average molecular weight is 262 g/mol. The summed E-state index contributed by atoms with van der Waals surface area (Å²) >= 11 is 0. The van der Waals surface area contributed by atoms with Crippen molar-refractivity contribution in [2.75, 3.05) is 6.61 Å². The van der Waals surface area contributed by atoms with E-state index < -0.39 is 0 Å². The van der Waals surface area contributed by atoms with Crippen molar-refractivity contribution in [1.82, 2.24) is 0 Å². The van der Waals surface area contributed by atoms with E-state index in [9.17, 15) is 5.11 Å². The van der Waals surface area contributed by atoms with Gasteiger partial charge in [-0.3, -0.25) is 0 Å². The molecule has 1 unspecified atom stereocenters. The molecule has 106 valence electrons. The number of aliphatic hydroxyl groups excluding tert-OH is 1.